The first-order valence-corrected chi connectivity index (χ1v) is 21.4. The highest BCUT2D eigenvalue weighted by Crippen LogP contribution is 2.42. The van der Waals surface area contributed by atoms with Crippen LogP contribution in [-0.2, 0) is 19.1 Å². The highest BCUT2D eigenvalue weighted by Gasteiger charge is 2.39. The maximum atomic E-state index is 13.9. The Hall–Kier alpha value is -5.86. The number of carbonyl (C=O) groups is 4. The van der Waals surface area contributed by atoms with Crippen molar-refractivity contribution in [2.24, 2.45) is 15.9 Å². The molecule has 0 saturated carbocycles. The fraction of sp³-hybridized carbons (Fsp3) is 0.333. The van der Waals surface area contributed by atoms with Crippen LogP contribution in [0, 0.1) is 5.92 Å². The van der Waals surface area contributed by atoms with Gasteiger partial charge in [-0.3, -0.25) is 19.6 Å². The minimum Gasteiger partial charge on any atom is -0.453 e. The molecule has 0 spiro atoms. The normalized spacial score (nSPS) is 19.7. The second kappa shape index (κ2) is 17.2. The molecule has 4 amide bonds. The zero-order valence-corrected chi connectivity index (χ0v) is 35.0. The second-order valence-electron chi connectivity index (χ2n) is 15.3. The Bertz CT molecular complexity index is 2400. The van der Waals surface area contributed by atoms with Crippen molar-refractivity contribution in [3.63, 3.8) is 0 Å². The van der Waals surface area contributed by atoms with Gasteiger partial charge in [-0.25, -0.2) is 9.59 Å². The molecule has 0 radical (unpaired) electrons. The molecule has 4 aromatic rings. The number of thiophene rings is 2. The van der Waals surface area contributed by atoms with Gasteiger partial charge in [0.15, 0.2) is 0 Å². The van der Waals surface area contributed by atoms with Gasteiger partial charge in [0, 0.05) is 68.9 Å². The Morgan fingerprint density at radius 3 is 2.14 bits per heavy atom. The molecular weight excluding hydrogens is 785 g/mol. The maximum Gasteiger partial charge on any atom is 0.407 e. The number of hydrogen-bond donors (Lipinski definition) is 2. The number of hydrogen-bond acceptors (Lipinski definition) is 10. The van der Waals surface area contributed by atoms with E-state index in [2.05, 4.69) is 47.0 Å². The van der Waals surface area contributed by atoms with E-state index in [0.29, 0.717) is 31.5 Å². The first-order valence-electron chi connectivity index (χ1n) is 19.8. The van der Waals surface area contributed by atoms with Crippen LogP contribution in [0.2, 0.25) is 0 Å². The molecule has 1 fully saturated rings. The molecule has 0 bridgehead atoms. The Labute approximate surface area is 351 Å². The van der Waals surface area contributed by atoms with Gasteiger partial charge in [0.05, 0.1) is 26.3 Å². The van der Waals surface area contributed by atoms with Crippen LogP contribution in [0.5, 0.6) is 0 Å². The van der Waals surface area contributed by atoms with Crippen molar-refractivity contribution in [3.8, 4) is 10.4 Å². The van der Waals surface area contributed by atoms with Crippen molar-refractivity contribution < 1.29 is 28.7 Å². The lowest BCUT2D eigenvalue weighted by Crippen LogP contribution is -2.53. The number of allylic oxidation sites excluding steroid dienone is 2. The van der Waals surface area contributed by atoms with E-state index in [4.69, 9.17) is 19.5 Å². The fourth-order valence-electron chi connectivity index (χ4n) is 8.16. The number of fused-ring (bicyclic) bond motifs is 1. The van der Waals surface area contributed by atoms with E-state index in [1.807, 2.05) is 73.6 Å². The summed E-state index contributed by atoms with van der Waals surface area (Å²) >= 11 is 3.52. The number of aliphatic imine (C=N–C) groups is 2. The van der Waals surface area contributed by atoms with E-state index in [0.717, 1.165) is 46.5 Å². The molecule has 0 unspecified atom stereocenters. The molecule has 304 valence electrons. The summed E-state index contributed by atoms with van der Waals surface area (Å²) in [6, 6.07) is 20.4. The van der Waals surface area contributed by atoms with Crippen LogP contribution < -0.4 is 10.6 Å². The quantitative estimate of drug-likeness (QED) is 0.146. The highest BCUT2D eigenvalue weighted by atomic mass is 32.1. The summed E-state index contributed by atoms with van der Waals surface area (Å²) in [6.07, 6.45) is 9.56. The van der Waals surface area contributed by atoms with Crippen LogP contribution in [-0.4, -0.2) is 90.7 Å². The molecule has 8 rings (SSSR count). The number of nitrogens with one attached hydrogen (secondary N) is 2. The lowest BCUT2D eigenvalue weighted by atomic mass is 9.97. The Kier molecular flexibility index (Phi) is 11.6. The van der Waals surface area contributed by atoms with Crippen molar-refractivity contribution in [2.45, 2.75) is 63.7 Å². The number of rotatable bonds is 11. The average Bonchev–Trinajstić information content (AvgIpc) is 4.10. The average molecular weight is 831 g/mol. The first kappa shape index (κ1) is 39.9. The molecule has 2 aromatic heterocycles. The van der Waals surface area contributed by atoms with Gasteiger partial charge in [-0.1, -0.05) is 80.6 Å². The van der Waals surface area contributed by atoms with Crippen LogP contribution in [0.1, 0.15) is 61.6 Å². The third-order valence-electron chi connectivity index (χ3n) is 11.3. The summed E-state index contributed by atoms with van der Waals surface area (Å²) < 4.78 is 12.0. The SMILES string of the molecule is COC(=O)N[C@H](C(=O)N1CC=C[C@H]1C1=NC=C(c2cc3sc(-c4ccc(C5=CN=C([C@@H]6CCCN6C(=O)[C@H](NC(=O)OC)c6ccccc6)C5)cc4)cc3s2)C1)C(C)C. The van der Waals surface area contributed by atoms with Crippen molar-refractivity contribution >= 4 is 78.6 Å². The molecule has 14 heteroatoms. The monoisotopic (exact) mass is 830 g/mol. The predicted octanol–water partition coefficient (Wildman–Crippen LogP) is 8.24. The minimum absolute atomic E-state index is 0.107. The van der Waals surface area contributed by atoms with Crippen LogP contribution in [0.4, 0.5) is 9.59 Å². The number of ether oxygens (including phenoxy) is 2. The predicted molar refractivity (Wildman–Crippen MR) is 233 cm³/mol. The lowest BCUT2D eigenvalue weighted by molar-refractivity contribution is -0.134. The molecular formula is C45H46N6O6S2. The van der Waals surface area contributed by atoms with E-state index >= 15 is 0 Å². The Balaban J connectivity index is 0.883. The summed E-state index contributed by atoms with van der Waals surface area (Å²) in [5, 5.41) is 5.44. The molecule has 2 N–H and O–H groups in total. The number of alkyl carbamates (subject to hydrolysis) is 2. The second-order valence-corrected chi connectivity index (χ2v) is 17.5. The van der Waals surface area contributed by atoms with Crippen molar-refractivity contribution in [2.75, 3.05) is 27.3 Å². The van der Waals surface area contributed by atoms with Crippen LogP contribution in [0.15, 0.2) is 101 Å². The number of carbonyl (C=O) groups excluding carboxylic acids is 4. The van der Waals surface area contributed by atoms with E-state index in [1.54, 1.807) is 27.6 Å². The molecule has 59 heavy (non-hydrogen) atoms. The lowest BCUT2D eigenvalue weighted by Gasteiger charge is -2.31. The van der Waals surface area contributed by atoms with Gasteiger partial charge < -0.3 is 29.9 Å². The summed E-state index contributed by atoms with van der Waals surface area (Å²) in [4.78, 5) is 67.3. The fourth-order valence-corrected chi connectivity index (χ4v) is 10.6. The van der Waals surface area contributed by atoms with E-state index in [1.165, 1.54) is 33.4 Å². The molecule has 4 aliphatic rings. The molecule has 4 atom stereocenters. The summed E-state index contributed by atoms with van der Waals surface area (Å²) in [5.41, 5.74) is 7.06. The summed E-state index contributed by atoms with van der Waals surface area (Å²) in [6.45, 7) is 4.87. The van der Waals surface area contributed by atoms with Crippen LogP contribution in [0.25, 0.3) is 31.0 Å². The van der Waals surface area contributed by atoms with Gasteiger partial charge in [-0.15, -0.1) is 22.7 Å². The van der Waals surface area contributed by atoms with E-state index in [9.17, 15) is 19.2 Å². The zero-order chi connectivity index (χ0) is 41.2. The number of likely N-dealkylation sites (tertiary alicyclic amines) is 1. The minimum atomic E-state index is -0.848. The van der Waals surface area contributed by atoms with Gasteiger partial charge in [0.1, 0.15) is 12.1 Å². The number of benzene rings is 2. The van der Waals surface area contributed by atoms with Crippen LogP contribution in [0.3, 0.4) is 0 Å². The van der Waals surface area contributed by atoms with Gasteiger partial charge in [-0.2, -0.15) is 0 Å². The number of methoxy groups -OCH3 is 2. The molecule has 12 nitrogen and oxygen atoms in total. The van der Waals surface area contributed by atoms with Gasteiger partial charge in [0.2, 0.25) is 11.8 Å². The van der Waals surface area contributed by atoms with E-state index < -0.39 is 24.3 Å². The molecule has 1 saturated heterocycles. The molecule has 2 aromatic carbocycles. The number of amides is 4. The topological polar surface area (TPSA) is 142 Å². The van der Waals surface area contributed by atoms with Crippen molar-refractivity contribution in [1.29, 1.82) is 0 Å². The third kappa shape index (κ3) is 8.24. The molecule has 4 aliphatic heterocycles. The maximum absolute atomic E-state index is 13.9. The van der Waals surface area contributed by atoms with Gasteiger partial charge in [-0.05, 0) is 58.7 Å². The van der Waals surface area contributed by atoms with Crippen molar-refractivity contribution in [3.05, 3.63) is 107 Å². The Morgan fingerprint density at radius 1 is 0.763 bits per heavy atom. The van der Waals surface area contributed by atoms with Crippen molar-refractivity contribution in [1.82, 2.24) is 20.4 Å². The third-order valence-corrected chi connectivity index (χ3v) is 13.7. The number of nitrogens with zero attached hydrogens (tertiary/aromatic N) is 4. The molecule has 6 heterocycles. The van der Waals surface area contributed by atoms with Gasteiger partial charge >= 0.3 is 12.2 Å². The van der Waals surface area contributed by atoms with E-state index in [-0.39, 0.29) is 29.8 Å². The zero-order valence-electron chi connectivity index (χ0n) is 33.3. The highest BCUT2D eigenvalue weighted by molar-refractivity contribution is 7.30. The first-order chi connectivity index (χ1) is 28.6. The largest absolute Gasteiger partial charge is 0.453 e. The summed E-state index contributed by atoms with van der Waals surface area (Å²) in [7, 11) is 2.59. The smallest absolute Gasteiger partial charge is 0.407 e. The standard InChI is InChI=1S/C45H46N6O6S2/c1-26(2)40(48-44(54)56-3)42(52)50-18-8-13-35(50)33-21-31(25-47-33)37-23-39-38(59-37)22-36(58-39)28-16-14-27(15-17-28)30-20-32(46-24-30)34-12-9-19-51(34)43(53)41(49-45(55)57-4)29-10-6-5-7-11-29/h5-8,10-11,13-17,22-26,34-35,40-41H,9,12,18-21H2,1-4H3,(H,48,54)(H,49,55)/t34-,35-,40-,41+/m0/s1. The summed E-state index contributed by atoms with van der Waals surface area (Å²) in [5.74, 6) is -0.426. The van der Waals surface area contributed by atoms with Crippen LogP contribution >= 0.6 is 22.7 Å². The molecule has 0 aliphatic carbocycles. The van der Waals surface area contributed by atoms with Gasteiger partial charge in [0.25, 0.3) is 0 Å². The Morgan fingerprint density at radius 2 is 1.41 bits per heavy atom.